The molecule has 0 aromatic heterocycles. The van der Waals surface area contributed by atoms with Gasteiger partial charge >= 0.3 is 5.97 Å². The van der Waals surface area contributed by atoms with Crippen LogP contribution in [0.1, 0.15) is 84.0 Å². The van der Waals surface area contributed by atoms with Crippen molar-refractivity contribution in [1.29, 1.82) is 0 Å². The SMILES string of the molecule is C=CCCCCOC(=O)[C@@H]1[C@H]2C(=O)N(CCCCCO)C(C(=O)N(CC=C)C3CCCCC3)C23S[C@@H]1CC3C. The molecule has 0 aromatic rings. The maximum atomic E-state index is 14.6. The molecular weight excluding hydrogens is 512 g/mol. The van der Waals surface area contributed by atoms with Gasteiger partial charge in [0, 0.05) is 31.0 Å². The summed E-state index contributed by atoms with van der Waals surface area (Å²) in [7, 11) is 0. The molecule has 8 heteroatoms. The van der Waals surface area contributed by atoms with E-state index in [4.69, 9.17) is 4.74 Å². The molecule has 6 atom stereocenters. The van der Waals surface area contributed by atoms with Crippen molar-refractivity contribution in [3.05, 3.63) is 25.3 Å². The monoisotopic (exact) mass is 560 g/mol. The van der Waals surface area contributed by atoms with E-state index >= 15 is 0 Å². The normalized spacial score (nSPS) is 31.8. The standard InChI is InChI=1S/C31H48N2O5S/c1-4-6-7-14-20-38-30(37)25-24-21-22(3)31(39-24)26(25)28(35)33(18-12-9-13-19-34)27(31)29(36)32(17-5-2)23-15-10-8-11-16-23/h4-5,22-27,34H,1-2,6-21H2,3H3/t22?,24-,25+,26+,27?,31?/m1/s1. The first-order valence-corrected chi connectivity index (χ1v) is 16.1. The molecule has 1 N–H and O–H groups in total. The first-order chi connectivity index (χ1) is 18.9. The maximum Gasteiger partial charge on any atom is 0.310 e. The van der Waals surface area contributed by atoms with Crippen LogP contribution >= 0.6 is 11.8 Å². The van der Waals surface area contributed by atoms with Crippen molar-refractivity contribution < 1.29 is 24.2 Å². The summed E-state index contributed by atoms with van der Waals surface area (Å²) in [5, 5.41) is 9.28. The van der Waals surface area contributed by atoms with Crippen molar-refractivity contribution in [2.24, 2.45) is 17.8 Å². The highest BCUT2D eigenvalue weighted by Crippen LogP contribution is 2.68. The van der Waals surface area contributed by atoms with E-state index in [1.165, 1.54) is 6.42 Å². The number of unbranched alkanes of at least 4 members (excludes halogenated alkanes) is 4. The number of likely N-dealkylation sites (tertiary alicyclic amines) is 1. The molecule has 7 nitrogen and oxygen atoms in total. The topological polar surface area (TPSA) is 87.1 Å². The molecule has 4 fully saturated rings. The summed E-state index contributed by atoms with van der Waals surface area (Å²) in [6.45, 7) is 11.3. The Morgan fingerprint density at radius 3 is 2.59 bits per heavy atom. The third kappa shape index (κ3) is 5.83. The summed E-state index contributed by atoms with van der Waals surface area (Å²) in [6.07, 6.45) is 14.7. The van der Waals surface area contributed by atoms with Gasteiger partial charge in [-0.15, -0.1) is 24.9 Å². The van der Waals surface area contributed by atoms with E-state index < -0.39 is 22.6 Å². The lowest BCUT2D eigenvalue weighted by molar-refractivity contribution is -0.154. The summed E-state index contributed by atoms with van der Waals surface area (Å²) in [4.78, 5) is 46.1. The highest BCUT2D eigenvalue weighted by molar-refractivity contribution is 8.02. The van der Waals surface area contributed by atoms with Crippen molar-refractivity contribution >= 4 is 29.5 Å². The minimum Gasteiger partial charge on any atom is -0.465 e. The second kappa shape index (κ2) is 13.7. The summed E-state index contributed by atoms with van der Waals surface area (Å²) in [5.41, 5.74) is 0. The molecule has 3 heterocycles. The number of ether oxygens (including phenoxy) is 1. The van der Waals surface area contributed by atoms with E-state index in [2.05, 4.69) is 20.1 Å². The van der Waals surface area contributed by atoms with Gasteiger partial charge in [-0.2, -0.15) is 0 Å². The van der Waals surface area contributed by atoms with Gasteiger partial charge in [-0.25, -0.2) is 0 Å². The fourth-order valence-corrected chi connectivity index (χ4v) is 10.0. The Morgan fingerprint density at radius 2 is 1.90 bits per heavy atom. The van der Waals surface area contributed by atoms with E-state index in [0.29, 0.717) is 26.1 Å². The van der Waals surface area contributed by atoms with E-state index in [1.807, 2.05) is 15.9 Å². The van der Waals surface area contributed by atoms with Crippen LogP contribution in [-0.4, -0.2) is 81.1 Å². The summed E-state index contributed by atoms with van der Waals surface area (Å²) >= 11 is 1.72. The van der Waals surface area contributed by atoms with Gasteiger partial charge in [0.1, 0.15) is 6.04 Å². The third-order valence-corrected chi connectivity index (χ3v) is 11.6. The number of allylic oxidation sites excluding steroid dienone is 1. The highest BCUT2D eigenvalue weighted by Gasteiger charge is 2.76. The van der Waals surface area contributed by atoms with Crippen LogP contribution in [0.4, 0.5) is 0 Å². The Labute approximate surface area is 238 Å². The maximum absolute atomic E-state index is 14.6. The molecule has 1 saturated carbocycles. The van der Waals surface area contributed by atoms with Crippen LogP contribution in [0, 0.1) is 17.8 Å². The molecule has 3 aliphatic heterocycles. The van der Waals surface area contributed by atoms with Crippen LogP contribution in [0.2, 0.25) is 0 Å². The predicted octanol–water partition coefficient (Wildman–Crippen LogP) is 4.73. The molecule has 4 rings (SSSR count). The summed E-state index contributed by atoms with van der Waals surface area (Å²) in [6, 6.07) is -0.414. The minimum atomic E-state index is -0.615. The van der Waals surface area contributed by atoms with Crippen LogP contribution in [0.25, 0.3) is 0 Å². The van der Waals surface area contributed by atoms with E-state index in [1.54, 1.807) is 17.8 Å². The first-order valence-electron chi connectivity index (χ1n) is 15.2. The Bertz CT molecular complexity index is 905. The van der Waals surface area contributed by atoms with Gasteiger partial charge in [0.25, 0.3) is 0 Å². The van der Waals surface area contributed by atoms with Crippen molar-refractivity contribution in [3.8, 4) is 0 Å². The zero-order valence-corrected chi connectivity index (χ0v) is 24.5. The van der Waals surface area contributed by atoms with Gasteiger partial charge in [-0.05, 0) is 63.7 Å². The van der Waals surface area contributed by atoms with E-state index in [-0.39, 0.29) is 41.6 Å². The third-order valence-electron chi connectivity index (χ3n) is 9.48. The Balaban J connectivity index is 1.63. The molecule has 39 heavy (non-hydrogen) atoms. The number of aliphatic hydroxyl groups excluding tert-OH is 1. The largest absolute Gasteiger partial charge is 0.465 e. The van der Waals surface area contributed by atoms with Gasteiger partial charge < -0.3 is 19.6 Å². The van der Waals surface area contributed by atoms with Gasteiger partial charge in [-0.1, -0.05) is 38.3 Å². The zero-order chi connectivity index (χ0) is 28.0. The number of rotatable bonds is 15. The molecule has 1 aliphatic carbocycles. The number of hydrogen-bond donors (Lipinski definition) is 1. The van der Waals surface area contributed by atoms with Gasteiger partial charge in [0.2, 0.25) is 11.8 Å². The Kier molecular flexibility index (Phi) is 10.6. The fraction of sp³-hybridized carbons (Fsp3) is 0.774. The van der Waals surface area contributed by atoms with Crippen LogP contribution in [0.3, 0.4) is 0 Å². The van der Waals surface area contributed by atoms with Crippen LogP contribution in [-0.2, 0) is 19.1 Å². The Morgan fingerprint density at radius 1 is 1.13 bits per heavy atom. The number of carbonyl (C=O) groups is 3. The summed E-state index contributed by atoms with van der Waals surface area (Å²) < 4.78 is 5.13. The molecule has 2 bridgehead atoms. The van der Waals surface area contributed by atoms with Gasteiger partial charge in [0.15, 0.2) is 0 Å². The lowest BCUT2D eigenvalue weighted by atomic mass is 9.66. The molecule has 218 valence electrons. The number of fused-ring (bicyclic) bond motifs is 1. The zero-order valence-electron chi connectivity index (χ0n) is 23.7. The van der Waals surface area contributed by atoms with Crippen molar-refractivity contribution in [1.82, 2.24) is 9.80 Å². The molecule has 3 saturated heterocycles. The van der Waals surface area contributed by atoms with Crippen LogP contribution < -0.4 is 0 Å². The molecule has 4 aliphatic rings. The number of carbonyl (C=O) groups excluding carboxylic acids is 3. The molecule has 0 radical (unpaired) electrons. The van der Waals surface area contributed by atoms with E-state index in [9.17, 15) is 19.5 Å². The second-order valence-electron chi connectivity index (χ2n) is 11.9. The highest BCUT2D eigenvalue weighted by atomic mass is 32.2. The quantitative estimate of drug-likeness (QED) is 0.177. The lowest BCUT2D eigenvalue weighted by Crippen LogP contribution is -2.59. The summed E-state index contributed by atoms with van der Waals surface area (Å²) in [5.74, 6) is -1.19. The van der Waals surface area contributed by atoms with Crippen molar-refractivity contribution in [2.75, 3.05) is 26.3 Å². The van der Waals surface area contributed by atoms with Crippen LogP contribution in [0.5, 0.6) is 0 Å². The van der Waals surface area contributed by atoms with E-state index in [0.717, 1.165) is 64.2 Å². The van der Waals surface area contributed by atoms with Gasteiger partial charge in [-0.3, -0.25) is 14.4 Å². The fourth-order valence-electron chi connectivity index (χ4n) is 7.65. The number of thioether (sulfide) groups is 1. The lowest BCUT2D eigenvalue weighted by Gasteiger charge is -2.43. The molecule has 3 unspecified atom stereocenters. The number of esters is 1. The number of aliphatic hydroxyl groups is 1. The molecule has 0 aromatic carbocycles. The minimum absolute atomic E-state index is 0.00370. The number of hydrogen-bond acceptors (Lipinski definition) is 6. The Hall–Kier alpha value is -1.80. The smallest absolute Gasteiger partial charge is 0.310 e. The molecule has 2 amide bonds. The molecular formula is C31H48N2O5S. The second-order valence-corrected chi connectivity index (χ2v) is 13.4. The average Bonchev–Trinajstić information content (AvgIpc) is 3.53. The number of nitrogens with zero attached hydrogens (tertiary/aromatic N) is 2. The van der Waals surface area contributed by atoms with Gasteiger partial charge in [0.05, 0.1) is 23.2 Å². The average molecular weight is 561 g/mol. The van der Waals surface area contributed by atoms with Crippen molar-refractivity contribution in [2.45, 2.75) is 106 Å². The molecule has 1 spiro atoms. The van der Waals surface area contributed by atoms with Crippen LogP contribution in [0.15, 0.2) is 25.3 Å². The number of amides is 2. The van der Waals surface area contributed by atoms with Crippen molar-refractivity contribution in [3.63, 3.8) is 0 Å². The first kappa shape index (κ1) is 30.2. The predicted molar refractivity (Wildman–Crippen MR) is 155 cm³/mol.